The summed E-state index contributed by atoms with van der Waals surface area (Å²) >= 11 is 0. The van der Waals surface area contributed by atoms with E-state index in [1.54, 1.807) is 0 Å². The second kappa shape index (κ2) is 5.13. The molecule has 0 atom stereocenters. The molecule has 1 aromatic carbocycles. The highest BCUT2D eigenvalue weighted by molar-refractivity contribution is 5.91. The molecular weight excluding hydrogens is 240 g/mol. The first kappa shape index (κ1) is 13.4. The lowest BCUT2D eigenvalue weighted by Gasteiger charge is -2.09. The number of hydrogen-bond acceptors (Lipinski definition) is 2. The van der Waals surface area contributed by atoms with Gasteiger partial charge in [-0.1, -0.05) is 0 Å². The molecule has 1 aromatic rings. The van der Waals surface area contributed by atoms with Gasteiger partial charge in [0.2, 0.25) is 5.91 Å². The molecule has 94 valence electrons. The van der Waals surface area contributed by atoms with E-state index in [1.807, 2.05) is 5.32 Å². The van der Waals surface area contributed by atoms with Crippen molar-refractivity contribution in [3.8, 4) is 0 Å². The largest absolute Gasteiger partial charge is 0.397 e. The molecule has 0 fully saturated rings. The number of hydrogen-bond donors (Lipinski definition) is 2. The molecule has 0 spiro atoms. The third-order valence-electron chi connectivity index (χ3n) is 1.91. The molecule has 17 heavy (non-hydrogen) atoms. The molecule has 3 nitrogen and oxygen atoms in total. The minimum Gasteiger partial charge on any atom is -0.326 e. The highest BCUT2D eigenvalue weighted by Gasteiger charge is 2.31. The molecule has 1 amide bonds. The van der Waals surface area contributed by atoms with E-state index in [1.165, 1.54) is 12.1 Å². The van der Waals surface area contributed by atoms with E-state index < -0.39 is 24.3 Å². The number of carbonyl (C=O) groups excluding carboxylic acids is 1. The lowest BCUT2D eigenvalue weighted by molar-refractivity contribution is -0.150. The molecule has 0 bridgehead atoms. The minimum absolute atomic E-state index is 0.0844. The number of amides is 1. The molecule has 0 radical (unpaired) electrons. The summed E-state index contributed by atoms with van der Waals surface area (Å²) in [6.45, 7) is -0.102. The van der Waals surface area contributed by atoms with E-state index in [2.05, 4.69) is 0 Å². The average Bonchev–Trinajstić information content (AvgIpc) is 2.18. The van der Waals surface area contributed by atoms with Crippen LogP contribution < -0.4 is 11.1 Å². The van der Waals surface area contributed by atoms with Gasteiger partial charge in [0, 0.05) is 17.8 Å². The number of nitrogens with two attached hydrogens (primary N) is 1. The Balaban J connectivity index is 2.72. The zero-order valence-electron chi connectivity index (χ0n) is 8.64. The van der Waals surface area contributed by atoms with Crippen molar-refractivity contribution >= 4 is 11.6 Å². The Kier molecular flexibility index (Phi) is 4.06. The Labute approximate surface area is 94.6 Å². The smallest absolute Gasteiger partial charge is 0.326 e. The van der Waals surface area contributed by atoms with Crippen LogP contribution in [0.15, 0.2) is 18.2 Å². The summed E-state index contributed by atoms with van der Waals surface area (Å²) in [7, 11) is 0. The van der Waals surface area contributed by atoms with Gasteiger partial charge >= 0.3 is 6.18 Å². The number of halogens is 4. The van der Waals surface area contributed by atoms with Gasteiger partial charge in [0.25, 0.3) is 0 Å². The van der Waals surface area contributed by atoms with Crippen molar-refractivity contribution in [3.05, 3.63) is 29.6 Å². The van der Waals surface area contributed by atoms with Crippen molar-refractivity contribution in [3.63, 3.8) is 0 Å². The third-order valence-corrected chi connectivity index (χ3v) is 1.91. The van der Waals surface area contributed by atoms with Gasteiger partial charge in [0.05, 0.1) is 0 Å². The summed E-state index contributed by atoms with van der Waals surface area (Å²) in [5, 5.41) is 2.02. The van der Waals surface area contributed by atoms with E-state index in [4.69, 9.17) is 5.73 Å². The first-order valence-corrected chi connectivity index (χ1v) is 4.67. The topological polar surface area (TPSA) is 55.1 Å². The molecule has 0 aliphatic rings. The van der Waals surface area contributed by atoms with Crippen LogP contribution >= 0.6 is 0 Å². The number of carbonyl (C=O) groups is 1. The fourth-order valence-corrected chi connectivity index (χ4v) is 1.20. The Bertz CT molecular complexity index is 417. The van der Waals surface area contributed by atoms with Crippen LogP contribution in [0.3, 0.4) is 0 Å². The summed E-state index contributed by atoms with van der Waals surface area (Å²) in [5.74, 6) is -1.77. The molecule has 0 aliphatic heterocycles. The van der Waals surface area contributed by atoms with Crippen LogP contribution in [0.2, 0.25) is 0 Å². The Morgan fingerprint density at radius 3 is 2.53 bits per heavy atom. The zero-order chi connectivity index (χ0) is 13.1. The molecule has 0 saturated heterocycles. The van der Waals surface area contributed by atoms with Crippen molar-refractivity contribution < 1.29 is 22.4 Å². The molecule has 0 heterocycles. The third kappa shape index (κ3) is 4.39. The average molecular weight is 250 g/mol. The minimum atomic E-state index is -4.57. The number of anilines is 1. The lowest BCUT2D eigenvalue weighted by atomic mass is 10.2. The monoisotopic (exact) mass is 250 g/mol. The van der Waals surface area contributed by atoms with Crippen molar-refractivity contribution in [2.75, 3.05) is 5.32 Å². The summed E-state index contributed by atoms with van der Waals surface area (Å²) in [4.78, 5) is 11.0. The van der Waals surface area contributed by atoms with Gasteiger partial charge in [0.1, 0.15) is 12.2 Å². The first-order chi connectivity index (χ1) is 7.81. The number of benzene rings is 1. The van der Waals surface area contributed by atoms with Crippen LogP contribution in [0.5, 0.6) is 0 Å². The number of nitrogens with one attached hydrogen (secondary N) is 1. The quantitative estimate of drug-likeness (QED) is 0.808. The van der Waals surface area contributed by atoms with Crippen molar-refractivity contribution in [2.45, 2.75) is 19.1 Å². The van der Waals surface area contributed by atoms with Crippen LogP contribution in [-0.2, 0) is 11.3 Å². The number of rotatable bonds is 3. The first-order valence-electron chi connectivity index (χ1n) is 4.67. The highest BCUT2D eigenvalue weighted by atomic mass is 19.4. The number of alkyl halides is 3. The second-order valence-electron chi connectivity index (χ2n) is 3.35. The summed E-state index contributed by atoms with van der Waals surface area (Å²) in [5.41, 5.74) is 5.42. The fourth-order valence-electron chi connectivity index (χ4n) is 1.20. The maximum absolute atomic E-state index is 13.0. The molecule has 3 N–H and O–H groups in total. The fraction of sp³-hybridized carbons (Fsp3) is 0.300. The molecule has 1 rings (SSSR count). The van der Waals surface area contributed by atoms with Crippen molar-refractivity contribution in [1.82, 2.24) is 0 Å². The SMILES string of the molecule is NCc1cc(NC(=O)CC(F)(F)F)ccc1F. The van der Waals surface area contributed by atoms with Crippen LogP contribution in [0.4, 0.5) is 23.2 Å². The Morgan fingerprint density at radius 2 is 2.00 bits per heavy atom. The summed E-state index contributed by atoms with van der Waals surface area (Å²) in [6.07, 6.45) is -6.15. The predicted molar refractivity (Wildman–Crippen MR) is 53.6 cm³/mol. The van der Waals surface area contributed by atoms with Gasteiger partial charge in [-0.15, -0.1) is 0 Å². The van der Waals surface area contributed by atoms with Gasteiger partial charge in [-0.05, 0) is 18.2 Å². The zero-order valence-corrected chi connectivity index (χ0v) is 8.64. The van der Waals surface area contributed by atoms with Crippen LogP contribution in [0.1, 0.15) is 12.0 Å². The standard InChI is InChI=1S/C10H10F4N2O/c11-8-2-1-7(3-6(8)5-15)16-9(17)4-10(12,13)14/h1-3H,4-5,15H2,(H,16,17). The Hall–Kier alpha value is -1.63. The van der Waals surface area contributed by atoms with Crippen LogP contribution in [0.25, 0.3) is 0 Å². The van der Waals surface area contributed by atoms with Crippen LogP contribution in [-0.4, -0.2) is 12.1 Å². The summed E-state index contributed by atoms with van der Waals surface area (Å²) < 4.78 is 48.6. The van der Waals surface area contributed by atoms with Gasteiger partial charge < -0.3 is 11.1 Å². The van der Waals surface area contributed by atoms with Gasteiger partial charge in [-0.3, -0.25) is 4.79 Å². The van der Waals surface area contributed by atoms with E-state index in [-0.39, 0.29) is 17.8 Å². The lowest BCUT2D eigenvalue weighted by Crippen LogP contribution is -2.21. The van der Waals surface area contributed by atoms with Crippen molar-refractivity contribution in [2.24, 2.45) is 5.73 Å². The Morgan fingerprint density at radius 1 is 1.35 bits per heavy atom. The van der Waals surface area contributed by atoms with Crippen LogP contribution in [0, 0.1) is 5.82 Å². The van der Waals surface area contributed by atoms with E-state index in [0.717, 1.165) is 6.07 Å². The predicted octanol–water partition coefficient (Wildman–Crippen LogP) is 2.18. The van der Waals surface area contributed by atoms with E-state index >= 15 is 0 Å². The highest BCUT2D eigenvalue weighted by Crippen LogP contribution is 2.21. The van der Waals surface area contributed by atoms with Gasteiger partial charge in [0.15, 0.2) is 0 Å². The van der Waals surface area contributed by atoms with Crippen molar-refractivity contribution in [1.29, 1.82) is 0 Å². The molecule has 0 unspecified atom stereocenters. The normalized spacial score (nSPS) is 11.4. The molecule has 7 heteroatoms. The van der Waals surface area contributed by atoms with E-state index in [9.17, 15) is 22.4 Å². The molecule has 0 aromatic heterocycles. The molecule has 0 aliphatic carbocycles. The van der Waals surface area contributed by atoms with Gasteiger partial charge in [-0.25, -0.2) is 4.39 Å². The van der Waals surface area contributed by atoms with Gasteiger partial charge in [-0.2, -0.15) is 13.2 Å². The van der Waals surface area contributed by atoms with E-state index in [0.29, 0.717) is 0 Å². The molecular formula is C10H10F4N2O. The molecule has 0 saturated carbocycles. The maximum atomic E-state index is 13.0. The maximum Gasteiger partial charge on any atom is 0.397 e. The summed E-state index contributed by atoms with van der Waals surface area (Å²) in [6, 6.07) is 3.40. The second-order valence-corrected chi connectivity index (χ2v) is 3.35.